The lowest BCUT2D eigenvalue weighted by molar-refractivity contribution is 0.0694. The molecule has 1 unspecified atom stereocenters. The first-order valence-electron chi connectivity index (χ1n) is 5.66. The van der Waals surface area contributed by atoms with Gasteiger partial charge in [-0.05, 0) is 0 Å². The van der Waals surface area contributed by atoms with Gasteiger partial charge in [0.05, 0.1) is 11.9 Å². The molecule has 0 saturated carbocycles. The average molecular weight is 255 g/mol. The van der Waals surface area contributed by atoms with Crippen LogP contribution in [-0.2, 0) is 13.6 Å². The smallest absolute Gasteiger partial charge is 0.339 e. The highest BCUT2D eigenvalue weighted by Crippen LogP contribution is 2.20. The number of rotatable bonds is 3. The third-order valence-corrected chi connectivity index (χ3v) is 4.13. The molecule has 1 atom stereocenters. The van der Waals surface area contributed by atoms with Gasteiger partial charge in [0.25, 0.3) is 0 Å². The van der Waals surface area contributed by atoms with Crippen molar-refractivity contribution in [1.82, 2.24) is 14.7 Å². The number of hydrogen-bond acceptors (Lipinski definition) is 4. The van der Waals surface area contributed by atoms with E-state index in [9.17, 15) is 4.79 Å². The molecule has 94 valence electrons. The lowest BCUT2D eigenvalue weighted by Crippen LogP contribution is -2.36. The number of aromatic carboxylic acids is 1. The van der Waals surface area contributed by atoms with Crippen LogP contribution in [0.25, 0.3) is 0 Å². The summed E-state index contributed by atoms with van der Waals surface area (Å²) < 4.78 is 1.66. The number of aryl methyl sites for hydroxylation is 1. The van der Waals surface area contributed by atoms with Gasteiger partial charge < -0.3 is 5.11 Å². The van der Waals surface area contributed by atoms with Crippen LogP contribution in [0.4, 0.5) is 0 Å². The predicted octanol–water partition coefficient (Wildman–Crippen LogP) is 1.06. The maximum atomic E-state index is 11.1. The maximum Gasteiger partial charge on any atom is 0.339 e. The van der Waals surface area contributed by atoms with Gasteiger partial charge in [-0.3, -0.25) is 9.58 Å². The minimum absolute atomic E-state index is 0.318. The fourth-order valence-electron chi connectivity index (χ4n) is 2.08. The third-order valence-electron chi connectivity index (χ3n) is 2.99. The van der Waals surface area contributed by atoms with Gasteiger partial charge in [-0.25, -0.2) is 4.79 Å². The van der Waals surface area contributed by atoms with Crippen LogP contribution in [0.3, 0.4) is 0 Å². The van der Waals surface area contributed by atoms with Crippen LogP contribution in [0, 0.1) is 0 Å². The van der Waals surface area contributed by atoms with E-state index in [0.29, 0.717) is 17.4 Å². The first-order valence-corrected chi connectivity index (χ1v) is 6.71. The van der Waals surface area contributed by atoms with Crippen LogP contribution in [0.2, 0.25) is 0 Å². The van der Waals surface area contributed by atoms with Crippen LogP contribution >= 0.6 is 11.8 Å². The van der Waals surface area contributed by atoms with Crippen LogP contribution in [0.15, 0.2) is 6.20 Å². The Morgan fingerprint density at radius 2 is 2.47 bits per heavy atom. The Morgan fingerprint density at radius 1 is 1.71 bits per heavy atom. The number of carboxylic acid groups (broad SMARTS) is 1. The highest BCUT2D eigenvalue weighted by atomic mass is 32.2. The van der Waals surface area contributed by atoms with Gasteiger partial charge in [0.2, 0.25) is 0 Å². The number of carboxylic acids is 1. The van der Waals surface area contributed by atoms with E-state index in [1.54, 1.807) is 11.7 Å². The molecule has 1 aliphatic rings. The van der Waals surface area contributed by atoms with Gasteiger partial charge in [-0.15, -0.1) is 0 Å². The fraction of sp³-hybridized carbons (Fsp3) is 0.636. The second-order valence-corrected chi connectivity index (χ2v) is 5.90. The fourth-order valence-corrected chi connectivity index (χ4v) is 3.16. The molecule has 2 heterocycles. The Bertz CT molecular complexity index is 419. The van der Waals surface area contributed by atoms with Crippen LogP contribution in [0.5, 0.6) is 0 Å². The van der Waals surface area contributed by atoms with Gasteiger partial charge in [-0.1, -0.05) is 6.92 Å². The molecule has 6 heteroatoms. The topological polar surface area (TPSA) is 58.4 Å². The van der Waals surface area contributed by atoms with Crippen molar-refractivity contribution in [2.45, 2.75) is 18.7 Å². The van der Waals surface area contributed by atoms with Crippen molar-refractivity contribution >= 4 is 17.7 Å². The zero-order chi connectivity index (χ0) is 12.4. The van der Waals surface area contributed by atoms with Crippen molar-refractivity contribution in [3.8, 4) is 0 Å². The molecule has 2 rings (SSSR count). The Morgan fingerprint density at radius 3 is 3.12 bits per heavy atom. The van der Waals surface area contributed by atoms with E-state index in [-0.39, 0.29) is 0 Å². The molecule has 1 saturated heterocycles. The monoisotopic (exact) mass is 255 g/mol. The summed E-state index contributed by atoms with van der Waals surface area (Å²) in [5.41, 5.74) is 1.11. The van der Waals surface area contributed by atoms with Gasteiger partial charge in [0.15, 0.2) is 0 Å². The number of aromatic nitrogens is 2. The Hall–Kier alpha value is -1.01. The minimum atomic E-state index is -0.896. The van der Waals surface area contributed by atoms with Gasteiger partial charge in [-0.2, -0.15) is 16.9 Å². The zero-order valence-corrected chi connectivity index (χ0v) is 10.9. The maximum absolute atomic E-state index is 11.1. The highest BCUT2D eigenvalue weighted by Gasteiger charge is 2.21. The van der Waals surface area contributed by atoms with Crippen LogP contribution < -0.4 is 0 Å². The molecule has 5 nitrogen and oxygen atoms in total. The van der Waals surface area contributed by atoms with Crippen LogP contribution in [-0.4, -0.2) is 49.8 Å². The van der Waals surface area contributed by atoms with E-state index in [2.05, 4.69) is 16.9 Å². The summed E-state index contributed by atoms with van der Waals surface area (Å²) in [6.45, 7) is 4.90. The van der Waals surface area contributed by atoms with E-state index in [4.69, 9.17) is 5.11 Å². The molecule has 0 spiro atoms. The third kappa shape index (κ3) is 2.81. The Balaban J connectivity index is 2.12. The molecule has 1 N–H and O–H groups in total. The molecule has 1 aliphatic heterocycles. The zero-order valence-electron chi connectivity index (χ0n) is 10.1. The van der Waals surface area contributed by atoms with Gasteiger partial charge >= 0.3 is 5.97 Å². The van der Waals surface area contributed by atoms with E-state index in [1.807, 2.05) is 11.8 Å². The molecule has 0 aliphatic carbocycles. The minimum Gasteiger partial charge on any atom is -0.478 e. The van der Waals surface area contributed by atoms with E-state index in [0.717, 1.165) is 24.5 Å². The quantitative estimate of drug-likeness (QED) is 0.875. The van der Waals surface area contributed by atoms with Crippen molar-refractivity contribution in [2.75, 3.05) is 18.8 Å². The van der Waals surface area contributed by atoms with E-state index >= 15 is 0 Å². The van der Waals surface area contributed by atoms with E-state index in [1.165, 1.54) is 6.20 Å². The van der Waals surface area contributed by atoms with Crippen molar-refractivity contribution in [1.29, 1.82) is 0 Å². The number of thioether (sulfide) groups is 1. The second kappa shape index (κ2) is 5.10. The van der Waals surface area contributed by atoms with Crippen molar-refractivity contribution in [3.05, 3.63) is 17.5 Å². The summed E-state index contributed by atoms with van der Waals surface area (Å²) in [5.74, 6) is 0.217. The summed E-state index contributed by atoms with van der Waals surface area (Å²) in [7, 11) is 1.80. The summed E-state index contributed by atoms with van der Waals surface area (Å²) in [4.78, 5) is 13.4. The number of carbonyl (C=O) groups is 1. The first kappa shape index (κ1) is 12.4. The largest absolute Gasteiger partial charge is 0.478 e. The highest BCUT2D eigenvalue weighted by molar-refractivity contribution is 7.99. The lowest BCUT2D eigenvalue weighted by Gasteiger charge is -2.30. The summed E-state index contributed by atoms with van der Waals surface area (Å²) in [5, 5.41) is 13.7. The molecule has 1 aromatic heterocycles. The molecule has 0 aromatic carbocycles. The first-order chi connectivity index (χ1) is 8.08. The molecule has 0 bridgehead atoms. The SMILES string of the molecule is CC1CN(Cc2c(C(=O)O)cnn2C)CCS1. The molecule has 17 heavy (non-hydrogen) atoms. The molecule has 0 amide bonds. The van der Waals surface area contributed by atoms with Crippen molar-refractivity contribution in [3.63, 3.8) is 0 Å². The summed E-state index contributed by atoms with van der Waals surface area (Å²) in [6, 6.07) is 0. The molecule has 1 aromatic rings. The molecule has 0 radical (unpaired) electrons. The van der Waals surface area contributed by atoms with Gasteiger partial charge in [0.1, 0.15) is 5.56 Å². The van der Waals surface area contributed by atoms with Crippen LogP contribution in [0.1, 0.15) is 23.0 Å². The number of hydrogen-bond donors (Lipinski definition) is 1. The van der Waals surface area contributed by atoms with Crippen molar-refractivity contribution in [2.24, 2.45) is 7.05 Å². The number of nitrogens with zero attached hydrogens (tertiary/aromatic N) is 3. The predicted molar refractivity (Wildman–Crippen MR) is 67.4 cm³/mol. The van der Waals surface area contributed by atoms with Gasteiger partial charge in [0, 0.05) is 37.7 Å². The van der Waals surface area contributed by atoms with E-state index < -0.39 is 5.97 Å². The molecular formula is C11H17N3O2S. The second-order valence-electron chi connectivity index (χ2n) is 4.35. The standard InChI is InChI=1S/C11H17N3O2S/c1-8-6-14(3-4-17-8)7-10-9(11(15)16)5-12-13(10)2/h5,8H,3-4,6-7H2,1-2H3,(H,15,16). The normalized spacial score (nSPS) is 21.6. The van der Waals surface area contributed by atoms with Crippen molar-refractivity contribution < 1.29 is 9.90 Å². The Labute approximate surface area is 105 Å². The summed E-state index contributed by atoms with van der Waals surface area (Å²) >= 11 is 1.97. The Kier molecular flexibility index (Phi) is 3.73. The molecular weight excluding hydrogens is 238 g/mol. The average Bonchev–Trinajstić information content (AvgIpc) is 2.61. The molecule has 1 fully saturated rings. The lowest BCUT2D eigenvalue weighted by atomic mass is 10.2. The summed E-state index contributed by atoms with van der Waals surface area (Å²) in [6.07, 6.45) is 1.43.